The van der Waals surface area contributed by atoms with Crippen molar-refractivity contribution in [1.82, 2.24) is 15.1 Å². The molecule has 0 aliphatic carbocycles. The van der Waals surface area contributed by atoms with E-state index >= 15 is 0 Å². The topological polar surface area (TPSA) is 145 Å². The summed E-state index contributed by atoms with van der Waals surface area (Å²) >= 11 is 0. The number of urea groups is 1. The lowest BCUT2D eigenvalue weighted by molar-refractivity contribution is -0.149. The Kier molecular flexibility index (Phi) is 8.26. The number of hydrogen-bond acceptors (Lipinski definition) is 6. The first-order valence-electron chi connectivity index (χ1n) is 11.2. The highest BCUT2D eigenvalue weighted by Gasteiger charge is 2.50. The van der Waals surface area contributed by atoms with Crippen molar-refractivity contribution in [1.29, 1.82) is 0 Å². The number of carboxylic acids is 1. The zero-order chi connectivity index (χ0) is 26.4. The number of likely N-dealkylation sites (tertiary alicyclic amines) is 1. The van der Waals surface area contributed by atoms with Crippen LogP contribution in [0.2, 0.25) is 0 Å². The number of rotatable bonds is 7. The summed E-state index contributed by atoms with van der Waals surface area (Å²) in [6.45, 7) is -0.501. The summed E-state index contributed by atoms with van der Waals surface area (Å²) in [4.78, 5) is 64.9. The monoisotopic (exact) mass is 496 g/mol. The standard InChI is InChI=1S/C25H28N4O7/c1-28(2)22(31)18-13-19(23(32)33)29(21(18)15-8-5-4-6-9-15)20(30)14-26-25(35)27-17-11-7-10-16(12-17)24(34)36-3/h4-12,18-19,21H,13-14H2,1-3H3,(H,32,33)(H2,26,27,35). The van der Waals surface area contributed by atoms with E-state index < -0.39 is 48.4 Å². The van der Waals surface area contributed by atoms with Crippen LogP contribution in [-0.2, 0) is 19.1 Å². The van der Waals surface area contributed by atoms with E-state index in [1.54, 1.807) is 56.6 Å². The number of esters is 1. The predicted octanol–water partition coefficient (Wildman–Crippen LogP) is 1.73. The molecule has 1 fully saturated rings. The summed E-state index contributed by atoms with van der Waals surface area (Å²) < 4.78 is 4.66. The minimum atomic E-state index is -1.24. The number of hydrogen-bond donors (Lipinski definition) is 3. The first kappa shape index (κ1) is 26.2. The van der Waals surface area contributed by atoms with Crippen LogP contribution < -0.4 is 10.6 Å². The van der Waals surface area contributed by atoms with Crippen molar-refractivity contribution in [3.8, 4) is 0 Å². The molecule has 1 saturated heterocycles. The number of carboxylic acid groups (broad SMARTS) is 1. The lowest BCUT2D eigenvalue weighted by atomic mass is 9.92. The average Bonchev–Trinajstić information content (AvgIpc) is 3.28. The van der Waals surface area contributed by atoms with Gasteiger partial charge in [0.2, 0.25) is 11.8 Å². The van der Waals surface area contributed by atoms with E-state index in [0.29, 0.717) is 11.3 Å². The quantitative estimate of drug-likeness (QED) is 0.495. The van der Waals surface area contributed by atoms with E-state index in [1.807, 2.05) is 0 Å². The molecule has 0 bridgehead atoms. The molecule has 0 radical (unpaired) electrons. The Morgan fingerprint density at radius 3 is 2.36 bits per heavy atom. The van der Waals surface area contributed by atoms with Crippen molar-refractivity contribution in [2.24, 2.45) is 5.92 Å². The highest BCUT2D eigenvalue weighted by atomic mass is 16.5. The van der Waals surface area contributed by atoms with E-state index in [9.17, 15) is 29.1 Å². The molecule has 2 aromatic rings. The molecule has 3 unspecified atom stereocenters. The number of ether oxygens (including phenoxy) is 1. The van der Waals surface area contributed by atoms with Crippen molar-refractivity contribution in [2.75, 3.05) is 33.1 Å². The summed E-state index contributed by atoms with van der Waals surface area (Å²) in [5, 5.41) is 14.8. The third-order valence-corrected chi connectivity index (χ3v) is 5.91. The van der Waals surface area contributed by atoms with Crippen molar-refractivity contribution < 1.29 is 33.8 Å². The Bertz CT molecular complexity index is 1150. The highest BCUT2D eigenvalue weighted by molar-refractivity contribution is 5.96. The zero-order valence-corrected chi connectivity index (χ0v) is 20.1. The van der Waals surface area contributed by atoms with Gasteiger partial charge >= 0.3 is 18.0 Å². The van der Waals surface area contributed by atoms with Gasteiger partial charge in [-0.25, -0.2) is 14.4 Å². The molecular formula is C25H28N4O7. The van der Waals surface area contributed by atoms with E-state index in [-0.39, 0.29) is 17.9 Å². The lowest BCUT2D eigenvalue weighted by Crippen LogP contribution is -2.47. The molecule has 0 saturated carbocycles. The van der Waals surface area contributed by atoms with Gasteiger partial charge in [0.05, 0.1) is 31.2 Å². The molecular weight excluding hydrogens is 468 g/mol. The van der Waals surface area contributed by atoms with Gasteiger partial charge in [0.25, 0.3) is 0 Å². The molecule has 1 aliphatic rings. The van der Waals surface area contributed by atoms with E-state index in [1.165, 1.54) is 29.0 Å². The predicted molar refractivity (Wildman–Crippen MR) is 129 cm³/mol. The van der Waals surface area contributed by atoms with Crippen molar-refractivity contribution in [2.45, 2.75) is 18.5 Å². The van der Waals surface area contributed by atoms with Gasteiger partial charge in [-0.05, 0) is 30.2 Å². The average molecular weight is 497 g/mol. The van der Waals surface area contributed by atoms with Crippen LogP contribution in [0.25, 0.3) is 0 Å². The van der Waals surface area contributed by atoms with Crippen LogP contribution >= 0.6 is 0 Å². The Morgan fingerprint density at radius 1 is 1.06 bits per heavy atom. The van der Waals surface area contributed by atoms with Crippen molar-refractivity contribution >= 4 is 35.5 Å². The number of anilines is 1. The molecule has 0 aromatic heterocycles. The molecule has 3 atom stereocenters. The maximum atomic E-state index is 13.3. The number of carbonyl (C=O) groups is 5. The smallest absolute Gasteiger partial charge is 0.337 e. The van der Waals surface area contributed by atoms with Crippen LogP contribution in [0.5, 0.6) is 0 Å². The molecule has 11 nitrogen and oxygen atoms in total. The molecule has 0 spiro atoms. The summed E-state index contributed by atoms with van der Waals surface area (Å²) in [7, 11) is 4.39. The summed E-state index contributed by atoms with van der Waals surface area (Å²) in [5.41, 5.74) is 1.15. The summed E-state index contributed by atoms with van der Waals surface area (Å²) in [6.07, 6.45) is -0.0514. The second kappa shape index (κ2) is 11.3. The fourth-order valence-electron chi connectivity index (χ4n) is 4.29. The van der Waals surface area contributed by atoms with Gasteiger partial charge in [0.1, 0.15) is 6.04 Å². The second-order valence-corrected chi connectivity index (χ2v) is 8.47. The van der Waals surface area contributed by atoms with Gasteiger partial charge in [-0.3, -0.25) is 9.59 Å². The lowest BCUT2D eigenvalue weighted by Gasteiger charge is -2.31. The number of benzene rings is 2. The van der Waals surface area contributed by atoms with E-state index in [4.69, 9.17) is 0 Å². The molecule has 3 N–H and O–H groups in total. The SMILES string of the molecule is COC(=O)c1cccc(NC(=O)NCC(=O)N2C(C(=O)O)CC(C(=O)N(C)C)C2c2ccccc2)c1. The van der Waals surface area contributed by atoms with Gasteiger partial charge in [-0.15, -0.1) is 0 Å². The highest BCUT2D eigenvalue weighted by Crippen LogP contribution is 2.42. The Hall–Kier alpha value is -4.41. The van der Waals surface area contributed by atoms with Crippen molar-refractivity contribution in [3.05, 3.63) is 65.7 Å². The Morgan fingerprint density at radius 2 is 1.75 bits per heavy atom. The van der Waals surface area contributed by atoms with Gasteiger partial charge in [0, 0.05) is 19.8 Å². The summed E-state index contributed by atoms with van der Waals surface area (Å²) in [5.74, 6) is -3.51. The number of nitrogens with zero attached hydrogens (tertiary/aromatic N) is 2. The Labute approximate surface area is 208 Å². The van der Waals surface area contributed by atoms with Crippen LogP contribution in [0.4, 0.5) is 10.5 Å². The number of nitrogens with one attached hydrogen (secondary N) is 2. The minimum Gasteiger partial charge on any atom is -0.480 e. The number of methoxy groups -OCH3 is 1. The molecule has 190 valence electrons. The third-order valence-electron chi connectivity index (χ3n) is 5.91. The molecule has 1 aliphatic heterocycles. The van der Waals surface area contributed by atoms with Crippen LogP contribution in [0, 0.1) is 5.92 Å². The first-order chi connectivity index (χ1) is 17.1. The van der Waals surface area contributed by atoms with Crippen LogP contribution in [0.1, 0.15) is 28.4 Å². The Balaban J connectivity index is 1.78. The maximum Gasteiger partial charge on any atom is 0.337 e. The minimum absolute atomic E-state index is 0.0514. The number of aliphatic carboxylic acids is 1. The number of carbonyl (C=O) groups excluding carboxylic acids is 4. The molecule has 3 rings (SSSR count). The third kappa shape index (κ3) is 5.80. The second-order valence-electron chi connectivity index (χ2n) is 8.47. The molecule has 4 amide bonds. The molecule has 1 heterocycles. The number of amides is 4. The largest absolute Gasteiger partial charge is 0.480 e. The van der Waals surface area contributed by atoms with E-state index in [0.717, 1.165) is 0 Å². The van der Waals surface area contributed by atoms with Gasteiger partial charge in [0.15, 0.2) is 0 Å². The van der Waals surface area contributed by atoms with Crippen molar-refractivity contribution in [3.63, 3.8) is 0 Å². The van der Waals surface area contributed by atoms with Gasteiger partial charge in [-0.2, -0.15) is 0 Å². The summed E-state index contributed by atoms with van der Waals surface area (Å²) in [6, 6.07) is 12.0. The first-order valence-corrected chi connectivity index (χ1v) is 11.2. The van der Waals surface area contributed by atoms with Gasteiger partial charge < -0.3 is 30.3 Å². The molecule has 36 heavy (non-hydrogen) atoms. The van der Waals surface area contributed by atoms with Crippen LogP contribution in [-0.4, -0.2) is 78.5 Å². The van der Waals surface area contributed by atoms with Crippen LogP contribution in [0.3, 0.4) is 0 Å². The molecule has 11 heteroatoms. The molecule has 2 aromatic carbocycles. The van der Waals surface area contributed by atoms with Gasteiger partial charge in [-0.1, -0.05) is 36.4 Å². The fourth-order valence-corrected chi connectivity index (χ4v) is 4.29. The normalized spacial score (nSPS) is 18.8. The fraction of sp³-hybridized carbons (Fsp3) is 0.320. The van der Waals surface area contributed by atoms with Crippen LogP contribution in [0.15, 0.2) is 54.6 Å². The zero-order valence-electron chi connectivity index (χ0n) is 20.1. The maximum absolute atomic E-state index is 13.3. The van der Waals surface area contributed by atoms with E-state index in [2.05, 4.69) is 15.4 Å².